The molecule has 0 bridgehead atoms. The van der Waals surface area contributed by atoms with E-state index in [4.69, 9.17) is 0 Å². The highest BCUT2D eigenvalue weighted by molar-refractivity contribution is 7.13. The largest absolute Gasteiger partial charge is 0.299 e. The summed E-state index contributed by atoms with van der Waals surface area (Å²) in [6, 6.07) is 0.652. The van der Waals surface area contributed by atoms with Crippen molar-refractivity contribution in [2.45, 2.75) is 57.5 Å². The summed E-state index contributed by atoms with van der Waals surface area (Å²) in [5.74, 6) is 0.0212. The van der Waals surface area contributed by atoms with Crippen molar-refractivity contribution in [3.8, 4) is 0 Å². The average molecular weight is 337 g/mol. The Kier molecular flexibility index (Phi) is 5.96. The lowest BCUT2D eigenvalue weighted by molar-refractivity contribution is -0.120. The van der Waals surface area contributed by atoms with Crippen LogP contribution in [0.3, 0.4) is 0 Å². The maximum absolute atomic E-state index is 12.4. The molecule has 1 amide bonds. The van der Waals surface area contributed by atoms with E-state index in [9.17, 15) is 4.79 Å². The van der Waals surface area contributed by atoms with Crippen molar-refractivity contribution in [2.75, 3.05) is 31.5 Å². The Balaban J connectivity index is 1.51. The van der Waals surface area contributed by atoms with Gasteiger partial charge in [0.25, 0.3) is 0 Å². The molecule has 0 spiro atoms. The molecule has 3 rings (SSSR count). The summed E-state index contributed by atoms with van der Waals surface area (Å²) in [4.78, 5) is 17.3. The van der Waals surface area contributed by atoms with Crippen LogP contribution in [0.4, 0.5) is 5.13 Å². The van der Waals surface area contributed by atoms with E-state index < -0.39 is 0 Å². The summed E-state index contributed by atoms with van der Waals surface area (Å²) >= 11 is 1.36. The summed E-state index contributed by atoms with van der Waals surface area (Å²) in [6.07, 6.45) is 8.02. The number of anilines is 1. The Hall–Kier alpha value is -1.05. The van der Waals surface area contributed by atoms with E-state index in [1.165, 1.54) is 50.0 Å². The summed E-state index contributed by atoms with van der Waals surface area (Å²) in [6.45, 7) is 6.22. The number of nitrogens with one attached hydrogen (secondary N) is 1. The number of hydrogen-bond acceptors (Lipinski definition) is 6. The van der Waals surface area contributed by atoms with E-state index in [2.05, 4.69) is 25.3 Å². The maximum atomic E-state index is 12.4. The van der Waals surface area contributed by atoms with E-state index in [0.29, 0.717) is 5.13 Å². The standard InChI is InChI=1S/C16H27N5OS/c1-13(15(22)18-16-19-17-12-23-16)20-8-5-9-21(11-10-20)14-6-3-2-4-7-14/h12-14H,2-11H2,1H3,(H,18,19,22)/t13-/m1/s1. The topological polar surface area (TPSA) is 61.4 Å². The van der Waals surface area contributed by atoms with Crippen molar-refractivity contribution in [1.29, 1.82) is 0 Å². The predicted octanol–water partition coefficient (Wildman–Crippen LogP) is 2.21. The lowest BCUT2D eigenvalue weighted by atomic mass is 9.94. The molecule has 1 saturated carbocycles. The Morgan fingerprint density at radius 1 is 1.22 bits per heavy atom. The first kappa shape index (κ1) is 16.8. The van der Waals surface area contributed by atoms with Crippen molar-refractivity contribution in [1.82, 2.24) is 20.0 Å². The third-order valence-corrected chi connectivity index (χ3v) is 5.78. The van der Waals surface area contributed by atoms with Crippen LogP contribution in [0.1, 0.15) is 45.4 Å². The average Bonchev–Trinajstić information content (AvgIpc) is 2.96. The second-order valence-corrected chi connectivity index (χ2v) is 7.46. The van der Waals surface area contributed by atoms with Gasteiger partial charge in [-0.25, -0.2) is 0 Å². The molecule has 1 aromatic rings. The minimum atomic E-state index is -0.120. The second kappa shape index (κ2) is 8.17. The van der Waals surface area contributed by atoms with Crippen LogP contribution in [0.2, 0.25) is 0 Å². The van der Waals surface area contributed by atoms with Crippen LogP contribution >= 0.6 is 11.3 Å². The van der Waals surface area contributed by atoms with Crippen molar-refractivity contribution in [3.63, 3.8) is 0 Å². The van der Waals surface area contributed by atoms with Crippen LogP contribution in [0, 0.1) is 0 Å². The summed E-state index contributed by atoms with van der Waals surface area (Å²) < 4.78 is 0. The first-order valence-corrected chi connectivity index (χ1v) is 9.67. The number of nitrogens with zero attached hydrogens (tertiary/aromatic N) is 4. The van der Waals surface area contributed by atoms with Gasteiger partial charge in [0, 0.05) is 25.7 Å². The summed E-state index contributed by atoms with van der Waals surface area (Å²) in [5.41, 5.74) is 1.63. The molecule has 1 aliphatic carbocycles. The molecule has 1 aromatic heterocycles. The van der Waals surface area contributed by atoms with Crippen LogP contribution < -0.4 is 5.32 Å². The molecule has 128 valence electrons. The van der Waals surface area contributed by atoms with E-state index in [1.807, 2.05) is 6.92 Å². The van der Waals surface area contributed by atoms with Gasteiger partial charge in [0.15, 0.2) is 0 Å². The lowest BCUT2D eigenvalue weighted by Gasteiger charge is -2.33. The first-order valence-electron chi connectivity index (χ1n) is 8.79. The molecular formula is C16H27N5OS. The molecule has 0 unspecified atom stereocenters. The molecule has 1 N–H and O–H groups in total. The van der Waals surface area contributed by atoms with Gasteiger partial charge in [-0.05, 0) is 32.7 Å². The van der Waals surface area contributed by atoms with Gasteiger partial charge in [-0.1, -0.05) is 30.6 Å². The minimum Gasteiger partial charge on any atom is -0.299 e. The highest BCUT2D eigenvalue weighted by Gasteiger charge is 2.27. The van der Waals surface area contributed by atoms with Gasteiger partial charge >= 0.3 is 0 Å². The monoisotopic (exact) mass is 337 g/mol. The molecule has 1 saturated heterocycles. The van der Waals surface area contributed by atoms with Crippen molar-refractivity contribution < 1.29 is 4.79 Å². The molecule has 23 heavy (non-hydrogen) atoms. The Morgan fingerprint density at radius 2 is 2.04 bits per heavy atom. The number of amides is 1. The van der Waals surface area contributed by atoms with Gasteiger partial charge in [-0.3, -0.25) is 19.9 Å². The van der Waals surface area contributed by atoms with Crippen LogP contribution in [0.15, 0.2) is 5.51 Å². The van der Waals surface area contributed by atoms with E-state index in [-0.39, 0.29) is 11.9 Å². The second-order valence-electron chi connectivity index (χ2n) is 6.63. The van der Waals surface area contributed by atoms with Gasteiger partial charge in [0.05, 0.1) is 6.04 Å². The van der Waals surface area contributed by atoms with Gasteiger partial charge in [-0.2, -0.15) is 0 Å². The maximum Gasteiger partial charge on any atom is 0.243 e. The van der Waals surface area contributed by atoms with Gasteiger partial charge in [0.2, 0.25) is 11.0 Å². The molecule has 0 radical (unpaired) electrons. The van der Waals surface area contributed by atoms with E-state index in [0.717, 1.165) is 32.1 Å². The van der Waals surface area contributed by atoms with Crippen LogP contribution in [-0.2, 0) is 4.79 Å². The quantitative estimate of drug-likeness (QED) is 0.913. The zero-order chi connectivity index (χ0) is 16.1. The van der Waals surface area contributed by atoms with E-state index in [1.54, 1.807) is 5.51 Å². The highest BCUT2D eigenvalue weighted by atomic mass is 32.1. The van der Waals surface area contributed by atoms with E-state index >= 15 is 0 Å². The molecule has 2 fully saturated rings. The third kappa shape index (κ3) is 4.49. The number of carbonyl (C=O) groups excluding carboxylic acids is 1. The van der Waals surface area contributed by atoms with Crippen LogP contribution in [0.5, 0.6) is 0 Å². The molecular weight excluding hydrogens is 310 g/mol. The van der Waals surface area contributed by atoms with Gasteiger partial charge < -0.3 is 0 Å². The number of aromatic nitrogens is 2. The number of hydrogen-bond donors (Lipinski definition) is 1. The smallest absolute Gasteiger partial charge is 0.243 e. The summed E-state index contributed by atoms with van der Waals surface area (Å²) in [5, 5.41) is 11.1. The Bertz CT molecular complexity index is 489. The zero-order valence-electron chi connectivity index (χ0n) is 13.9. The third-order valence-electron chi connectivity index (χ3n) is 5.17. The van der Waals surface area contributed by atoms with Crippen LogP contribution in [0.25, 0.3) is 0 Å². The van der Waals surface area contributed by atoms with Crippen molar-refractivity contribution in [2.24, 2.45) is 0 Å². The fraction of sp³-hybridized carbons (Fsp3) is 0.812. The first-order chi connectivity index (χ1) is 11.2. The fourth-order valence-electron chi connectivity index (χ4n) is 3.76. The molecule has 2 heterocycles. The normalized spacial score (nSPS) is 23.3. The Labute approximate surface area is 142 Å². The molecule has 1 atom stereocenters. The highest BCUT2D eigenvalue weighted by Crippen LogP contribution is 2.24. The SMILES string of the molecule is C[C@H](C(=O)Nc1nncs1)N1CCCN(C2CCCCC2)CC1. The molecule has 2 aliphatic rings. The lowest BCUT2D eigenvalue weighted by Crippen LogP contribution is -2.45. The zero-order valence-corrected chi connectivity index (χ0v) is 14.7. The minimum absolute atomic E-state index is 0.0212. The van der Waals surface area contributed by atoms with Crippen LogP contribution in [-0.4, -0.2) is 64.2 Å². The molecule has 0 aromatic carbocycles. The fourth-order valence-corrected chi connectivity index (χ4v) is 4.21. The van der Waals surface area contributed by atoms with Crippen molar-refractivity contribution >= 4 is 22.4 Å². The predicted molar refractivity (Wildman–Crippen MR) is 92.6 cm³/mol. The van der Waals surface area contributed by atoms with Gasteiger partial charge in [-0.15, -0.1) is 10.2 Å². The molecule has 1 aliphatic heterocycles. The summed E-state index contributed by atoms with van der Waals surface area (Å²) in [7, 11) is 0. The Morgan fingerprint density at radius 3 is 2.78 bits per heavy atom. The molecule has 7 heteroatoms. The van der Waals surface area contributed by atoms with Gasteiger partial charge in [0.1, 0.15) is 5.51 Å². The molecule has 6 nitrogen and oxygen atoms in total. The number of carbonyl (C=O) groups is 1. The van der Waals surface area contributed by atoms with Crippen molar-refractivity contribution in [3.05, 3.63) is 5.51 Å². The number of rotatable bonds is 4.